The molecule has 0 spiro atoms. The summed E-state index contributed by atoms with van der Waals surface area (Å²) in [5.74, 6) is 1.00. The summed E-state index contributed by atoms with van der Waals surface area (Å²) >= 11 is 0. The van der Waals surface area contributed by atoms with Crippen LogP contribution in [0.25, 0.3) is 0 Å². The molecule has 2 aromatic carbocycles. The maximum absolute atomic E-state index is 13.1. The molecule has 1 N–H and O–H groups in total. The Bertz CT molecular complexity index is 608. The summed E-state index contributed by atoms with van der Waals surface area (Å²) in [6.45, 7) is 0.711. The van der Waals surface area contributed by atoms with Crippen molar-refractivity contribution in [3.63, 3.8) is 0 Å². The van der Waals surface area contributed by atoms with E-state index in [9.17, 15) is 4.39 Å². The highest BCUT2D eigenvalue weighted by Crippen LogP contribution is 2.40. The van der Waals surface area contributed by atoms with Crippen LogP contribution in [0.3, 0.4) is 0 Å². The molecule has 1 fully saturated rings. The average Bonchev–Trinajstić information content (AvgIpc) is 3.31. The second kappa shape index (κ2) is 5.53. The summed E-state index contributed by atoms with van der Waals surface area (Å²) in [7, 11) is 1.55. The van der Waals surface area contributed by atoms with Gasteiger partial charge in [0.2, 0.25) is 0 Å². The van der Waals surface area contributed by atoms with Gasteiger partial charge in [-0.25, -0.2) is 4.39 Å². The first-order valence-corrected chi connectivity index (χ1v) is 6.92. The van der Waals surface area contributed by atoms with Crippen molar-refractivity contribution in [1.29, 1.82) is 0 Å². The molecule has 0 amide bonds. The van der Waals surface area contributed by atoms with Gasteiger partial charge in [0.15, 0.2) is 0 Å². The van der Waals surface area contributed by atoms with Crippen molar-refractivity contribution in [2.45, 2.75) is 25.3 Å². The number of methoxy groups -OCH3 is 1. The number of anilines is 1. The van der Waals surface area contributed by atoms with Gasteiger partial charge in [0.05, 0.1) is 12.8 Å². The number of benzene rings is 2. The molecular formula is C17H18FNO. The van der Waals surface area contributed by atoms with Gasteiger partial charge in [0.1, 0.15) is 11.6 Å². The topological polar surface area (TPSA) is 21.3 Å². The van der Waals surface area contributed by atoms with E-state index < -0.39 is 0 Å². The molecule has 104 valence electrons. The fraction of sp³-hybridized carbons (Fsp3) is 0.294. The molecule has 0 atom stereocenters. The zero-order chi connectivity index (χ0) is 13.9. The normalized spacial score (nSPS) is 14.1. The van der Waals surface area contributed by atoms with Crippen LogP contribution in [0, 0.1) is 5.82 Å². The molecule has 20 heavy (non-hydrogen) atoms. The van der Waals surface area contributed by atoms with Crippen LogP contribution in [-0.4, -0.2) is 7.11 Å². The van der Waals surface area contributed by atoms with Crippen LogP contribution < -0.4 is 10.1 Å². The highest BCUT2D eigenvalue weighted by atomic mass is 19.1. The quantitative estimate of drug-likeness (QED) is 0.874. The van der Waals surface area contributed by atoms with Gasteiger partial charge in [-0.2, -0.15) is 0 Å². The number of hydrogen-bond donors (Lipinski definition) is 1. The highest BCUT2D eigenvalue weighted by Gasteiger charge is 2.23. The summed E-state index contributed by atoms with van der Waals surface area (Å²) in [6, 6.07) is 13.2. The van der Waals surface area contributed by atoms with Gasteiger partial charge < -0.3 is 10.1 Å². The monoisotopic (exact) mass is 271 g/mol. The van der Waals surface area contributed by atoms with Crippen molar-refractivity contribution in [2.75, 3.05) is 12.4 Å². The van der Waals surface area contributed by atoms with Gasteiger partial charge in [-0.1, -0.05) is 24.3 Å². The van der Waals surface area contributed by atoms with E-state index in [1.165, 1.54) is 36.1 Å². The summed E-state index contributed by atoms with van der Waals surface area (Å²) in [5.41, 5.74) is 3.47. The summed E-state index contributed by atoms with van der Waals surface area (Å²) in [6.07, 6.45) is 2.62. The molecule has 1 saturated carbocycles. The third-order valence-corrected chi connectivity index (χ3v) is 3.65. The van der Waals surface area contributed by atoms with E-state index in [0.29, 0.717) is 12.3 Å². The Hall–Kier alpha value is -2.03. The smallest absolute Gasteiger partial charge is 0.144 e. The van der Waals surface area contributed by atoms with Crippen molar-refractivity contribution in [3.8, 4) is 5.75 Å². The number of ether oxygens (including phenoxy) is 1. The zero-order valence-corrected chi connectivity index (χ0v) is 11.5. The molecule has 3 heteroatoms. The zero-order valence-electron chi connectivity index (χ0n) is 11.5. The fourth-order valence-corrected chi connectivity index (χ4v) is 2.38. The first kappa shape index (κ1) is 13.0. The van der Waals surface area contributed by atoms with Gasteiger partial charge in [-0.15, -0.1) is 0 Å². The van der Waals surface area contributed by atoms with Gasteiger partial charge in [0.25, 0.3) is 0 Å². The van der Waals surface area contributed by atoms with E-state index in [1.807, 2.05) is 0 Å². The maximum atomic E-state index is 13.1. The lowest BCUT2D eigenvalue weighted by Gasteiger charge is -2.12. The minimum absolute atomic E-state index is 0.289. The lowest BCUT2D eigenvalue weighted by molar-refractivity contribution is 0.413. The second-order valence-electron chi connectivity index (χ2n) is 5.22. The van der Waals surface area contributed by atoms with E-state index >= 15 is 0 Å². The highest BCUT2D eigenvalue weighted by molar-refractivity contribution is 5.56. The fourth-order valence-electron chi connectivity index (χ4n) is 2.38. The first-order valence-electron chi connectivity index (χ1n) is 6.92. The summed E-state index contributed by atoms with van der Waals surface area (Å²) in [4.78, 5) is 0. The van der Waals surface area contributed by atoms with Gasteiger partial charge in [-0.05, 0) is 42.0 Å². The molecule has 2 nitrogen and oxygen atoms in total. The summed E-state index contributed by atoms with van der Waals surface area (Å²) < 4.78 is 18.3. The Balaban J connectivity index is 1.71. The van der Waals surface area contributed by atoms with Crippen LogP contribution in [0.1, 0.15) is 29.9 Å². The van der Waals surface area contributed by atoms with E-state index in [2.05, 4.69) is 29.6 Å². The Morgan fingerprint density at radius 1 is 1.20 bits per heavy atom. The summed E-state index contributed by atoms with van der Waals surface area (Å²) in [5, 5.41) is 3.30. The Morgan fingerprint density at radius 3 is 2.80 bits per heavy atom. The second-order valence-corrected chi connectivity index (χ2v) is 5.22. The number of nitrogens with one attached hydrogen (secondary N) is 1. The molecule has 1 aliphatic rings. The molecule has 0 unspecified atom stereocenters. The van der Waals surface area contributed by atoms with Crippen molar-refractivity contribution in [3.05, 3.63) is 59.4 Å². The van der Waals surface area contributed by atoms with Crippen molar-refractivity contribution >= 4 is 5.69 Å². The van der Waals surface area contributed by atoms with Gasteiger partial charge in [-0.3, -0.25) is 0 Å². The van der Waals surface area contributed by atoms with E-state index in [4.69, 9.17) is 4.74 Å². The molecule has 0 aromatic heterocycles. The number of hydrogen-bond acceptors (Lipinski definition) is 2. The predicted molar refractivity (Wildman–Crippen MR) is 78.7 cm³/mol. The molecule has 0 bridgehead atoms. The predicted octanol–water partition coefficient (Wildman–Crippen LogP) is 4.32. The lowest BCUT2D eigenvalue weighted by Crippen LogP contribution is -2.02. The van der Waals surface area contributed by atoms with Crippen molar-refractivity contribution in [2.24, 2.45) is 0 Å². The average molecular weight is 271 g/mol. The Labute approximate surface area is 118 Å². The Morgan fingerprint density at radius 2 is 2.05 bits per heavy atom. The maximum Gasteiger partial charge on any atom is 0.144 e. The third kappa shape index (κ3) is 2.93. The molecular weight excluding hydrogens is 253 g/mol. The molecule has 2 aromatic rings. The molecule has 0 heterocycles. The third-order valence-electron chi connectivity index (χ3n) is 3.65. The van der Waals surface area contributed by atoms with Crippen LogP contribution in [-0.2, 0) is 6.54 Å². The molecule has 0 aliphatic heterocycles. The van der Waals surface area contributed by atoms with Crippen LogP contribution in [0.5, 0.6) is 5.75 Å². The Kier molecular flexibility index (Phi) is 3.59. The standard InChI is InChI=1S/C17H18FNO/c1-20-17-10-15(18)7-8-16(17)19-11-12-3-2-4-14(9-12)13-5-6-13/h2-4,7-10,13,19H,5-6,11H2,1H3. The molecule has 1 aliphatic carbocycles. The van der Waals surface area contributed by atoms with E-state index in [0.717, 1.165) is 11.6 Å². The molecule has 0 saturated heterocycles. The van der Waals surface area contributed by atoms with Crippen LogP contribution >= 0.6 is 0 Å². The molecule has 0 radical (unpaired) electrons. The van der Waals surface area contributed by atoms with E-state index in [1.54, 1.807) is 13.2 Å². The number of rotatable bonds is 5. The van der Waals surface area contributed by atoms with Crippen LogP contribution in [0.4, 0.5) is 10.1 Å². The molecule has 3 rings (SSSR count). The largest absolute Gasteiger partial charge is 0.494 e. The van der Waals surface area contributed by atoms with E-state index in [-0.39, 0.29) is 5.82 Å². The van der Waals surface area contributed by atoms with Crippen molar-refractivity contribution in [1.82, 2.24) is 0 Å². The van der Waals surface area contributed by atoms with Crippen molar-refractivity contribution < 1.29 is 9.13 Å². The minimum atomic E-state index is -0.289. The van der Waals surface area contributed by atoms with Crippen LogP contribution in [0.2, 0.25) is 0 Å². The minimum Gasteiger partial charge on any atom is -0.494 e. The first-order chi connectivity index (χ1) is 9.76. The van der Waals surface area contributed by atoms with Crippen LogP contribution in [0.15, 0.2) is 42.5 Å². The SMILES string of the molecule is COc1cc(F)ccc1NCc1cccc(C2CC2)c1. The number of halogens is 1. The van der Waals surface area contributed by atoms with Gasteiger partial charge in [0, 0.05) is 12.6 Å². The van der Waals surface area contributed by atoms with Gasteiger partial charge >= 0.3 is 0 Å². The lowest BCUT2D eigenvalue weighted by atomic mass is 10.1.